The van der Waals surface area contributed by atoms with Crippen molar-refractivity contribution in [3.63, 3.8) is 0 Å². The van der Waals surface area contributed by atoms with Crippen molar-refractivity contribution in [2.45, 2.75) is 45.3 Å². The van der Waals surface area contributed by atoms with Gasteiger partial charge in [-0.05, 0) is 31.9 Å². The summed E-state index contributed by atoms with van der Waals surface area (Å²) in [4.78, 5) is 43.1. The molecule has 6 nitrogen and oxygen atoms in total. The lowest BCUT2D eigenvalue weighted by molar-refractivity contribution is -0.159. The number of rotatable bonds is 4. The van der Waals surface area contributed by atoms with E-state index < -0.39 is 12.0 Å². The highest BCUT2D eigenvalue weighted by Gasteiger charge is 2.51. The Bertz CT molecular complexity index is 820. The van der Waals surface area contributed by atoms with Gasteiger partial charge in [-0.1, -0.05) is 25.0 Å². The van der Waals surface area contributed by atoms with E-state index in [2.05, 4.69) is 4.98 Å². The van der Waals surface area contributed by atoms with Crippen LogP contribution in [0.2, 0.25) is 0 Å². The van der Waals surface area contributed by atoms with Crippen LogP contribution in [0.1, 0.15) is 37.6 Å². The molecule has 2 unspecified atom stereocenters. The zero-order chi connectivity index (χ0) is 18.3. The molecule has 0 bridgehead atoms. The van der Waals surface area contributed by atoms with E-state index in [0.29, 0.717) is 5.01 Å². The second-order valence-electron chi connectivity index (χ2n) is 6.90. The third kappa shape index (κ3) is 2.90. The number of hydrogen-bond donors (Lipinski definition) is 0. The molecule has 1 saturated heterocycles. The Morgan fingerprint density at radius 3 is 2.54 bits per heavy atom. The van der Waals surface area contributed by atoms with Gasteiger partial charge in [0.1, 0.15) is 17.7 Å². The fraction of sp³-hybridized carbons (Fsp3) is 0.474. The van der Waals surface area contributed by atoms with Crippen molar-refractivity contribution >= 4 is 39.3 Å². The highest BCUT2D eigenvalue weighted by molar-refractivity contribution is 7.18. The number of carbonyl (C=O) groups excluding carboxylic acids is 3. The molecule has 136 valence electrons. The van der Waals surface area contributed by atoms with E-state index in [-0.39, 0.29) is 30.3 Å². The molecule has 1 saturated carbocycles. The van der Waals surface area contributed by atoms with Gasteiger partial charge in [0.05, 0.1) is 22.1 Å². The summed E-state index contributed by atoms with van der Waals surface area (Å²) in [6.07, 6.45) is 3.40. The van der Waals surface area contributed by atoms with Crippen LogP contribution in [0.3, 0.4) is 0 Å². The van der Waals surface area contributed by atoms with Gasteiger partial charge in [-0.15, -0.1) is 11.3 Å². The first-order chi connectivity index (χ1) is 12.6. The van der Waals surface area contributed by atoms with E-state index in [1.54, 1.807) is 6.92 Å². The summed E-state index contributed by atoms with van der Waals surface area (Å²) in [5.41, 5.74) is 0.866. The summed E-state index contributed by atoms with van der Waals surface area (Å²) in [6, 6.07) is 6.81. The second kappa shape index (κ2) is 6.79. The quantitative estimate of drug-likeness (QED) is 0.609. The number of likely N-dealkylation sites (tertiary alicyclic amines) is 1. The first-order valence-corrected chi connectivity index (χ1v) is 9.76. The number of para-hydroxylation sites is 1. The van der Waals surface area contributed by atoms with Crippen LogP contribution < -0.4 is 0 Å². The highest BCUT2D eigenvalue weighted by atomic mass is 32.1. The third-order valence-electron chi connectivity index (χ3n) is 5.28. The van der Waals surface area contributed by atoms with Crippen LogP contribution in [0.5, 0.6) is 0 Å². The number of thiazole rings is 1. The number of benzene rings is 1. The molecular formula is C19H20N2O4S. The molecule has 0 spiro atoms. The fourth-order valence-electron chi connectivity index (χ4n) is 3.91. The predicted molar refractivity (Wildman–Crippen MR) is 96.2 cm³/mol. The van der Waals surface area contributed by atoms with Gasteiger partial charge in [-0.2, -0.15) is 0 Å². The molecule has 1 aliphatic carbocycles. The second-order valence-corrected chi connectivity index (χ2v) is 8.02. The molecule has 0 N–H and O–H groups in total. The lowest BCUT2D eigenvalue weighted by Crippen LogP contribution is -2.44. The molecule has 1 aliphatic heterocycles. The van der Waals surface area contributed by atoms with E-state index in [1.807, 2.05) is 24.3 Å². The summed E-state index contributed by atoms with van der Waals surface area (Å²) in [7, 11) is 0. The first kappa shape index (κ1) is 17.1. The summed E-state index contributed by atoms with van der Waals surface area (Å²) in [5, 5.41) is 0.694. The summed E-state index contributed by atoms with van der Waals surface area (Å²) in [6.45, 7) is 1.61. The van der Waals surface area contributed by atoms with Gasteiger partial charge < -0.3 is 4.74 Å². The van der Waals surface area contributed by atoms with Gasteiger partial charge in [-0.25, -0.2) is 9.78 Å². The number of amides is 2. The molecule has 2 heterocycles. The third-order valence-corrected chi connectivity index (χ3v) is 6.29. The summed E-state index contributed by atoms with van der Waals surface area (Å²) >= 11 is 1.46. The molecule has 3 atom stereocenters. The Morgan fingerprint density at radius 1 is 1.23 bits per heavy atom. The Hall–Kier alpha value is -2.28. The van der Waals surface area contributed by atoms with Crippen LogP contribution in [0.4, 0.5) is 0 Å². The lowest BCUT2D eigenvalue weighted by atomic mass is 9.81. The normalized spacial score (nSPS) is 24.0. The molecule has 7 heteroatoms. The molecule has 2 amide bonds. The van der Waals surface area contributed by atoms with Gasteiger partial charge in [0.25, 0.3) is 0 Å². The van der Waals surface area contributed by atoms with Crippen molar-refractivity contribution in [2.24, 2.45) is 11.8 Å². The van der Waals surface area contributed by atoms with E-state index in [4.69, 9.17) is 4.74 Å². The SMILES string of the molecule is C[C@@H](C(=O)OCc1nc2ccccc2s1)N1C(=O)C2CCCCC2C1=O. The number of hydrogen-bond acceptors (Lipinski definition) is 6. The minimum Gasteiger partial charge on any atom is -0.457 e. The van der Waals surface area contributed by atoms with Gasteiger partial charge in [0.2, 0.25) is 11.8 Å². The van der Waals surface area contributed by atoms with Gasteiger partial charge in [0, 0.05) is 0 Å². The average molecular weight is 372 g/mol. The maximum absolute atomic E-state index is 12.6. The fourth-order valence-corrected chi connectivity index (χ4v) is 4.79. The topological polar surface area (TPSA) is 76.6 Å². The van der Waals surface area contributed by atoms with Gasteiger partial charge in [0.15, 0.2) is 0 Å². The van der Waals surface area contributed by atoms with Crippen LogP contribution in [0, 0.1) is 11.8 Å². The van der Waals surface area contributed by atoms with Crippen molar-refractivity contribution in [3.8, 4) is 0 Å². The lowest BCUT2D eigenvalue weighted by Gasteiger charge is -2.21. The summed E-state index contributed by atoms with van der Waals surface area (Å²) in [5.74, 6) is -1.51. The van der Waals surface area contributed by atoms with Crippen molar-refractivity contribution in [1.29, 1.82) is 0 Å². The Morgan fingerprint density at radius 2 is 1.88 bits per heavy atom. The van der Waals surface area contributed by atoms with Crippen LogP contribution in [0.15, 0.2) is 24.3 Å². The largest absolute Gasteiger partial charge is 0.457 e. The summed E-state index contributed by atoms with van der Waals surface area (Å²) < 4.78 is 6.37. The first-order valence-electron chi connectivity index (χ1n) is 8.94. The zero-order valence-corrected chi connectivity index (χ0v) is 15.3. The van der Waals surface area contributed by atoms with Gasteiger partial charge >= 0.3 is 5.97 Å². The van der Waals surface area contributed by atoms with E-state index in [9.17, 15) is 14.4 Å². The standard InChI is InChI=1S/C19H20N2O4S/c1-11(21-17(22)12-6-2-3-7-13(12)18(21)23)19(24)25-10-16-20-14-8-4-5-9-15(14)26-16/h4-5,8-9,11-13H,2-3,6-7,10H2,1H3/t11-,12?,13?/m0/s1. The molecular weight excluding hydrogens is 352 g/mol. The number of aromatic nitrogens is 1. The Kier molecular flexibility index (Phi) is 4.48. The Labute approximate surface area is 155 Å². The molecule has 2 aliphatic rings. The predicted octanol–water partition coefficient (Wildman–Crippen LogP) is 2.90. The number of nitrogens with zero attached hydrogens (tertiary/aromatic N) is 2. The maximum atomic E-state index is 12.6. The van der Waals surface area contributed by atoms with Crippen molar-refractivity contribution < 1.29 is 19.1 Å². The van der Waals surface area contributed by atoms with E-state index >= 15 is 0 Å². The van der Waals surface area contributed by atoms with Crippen molar-refractivity contribution in [2.75, 3.05) is 0 Å². The number of esters is 1. The smallest absolute Gasteiger partial charge is 0.329 e. The number of fused-ring (bicyclic) bond motifs is 2. The molecule has 1 aromatic carbocycles. The number of ether oxygens (including phenoxy) is 1. The molecule has 0 radical (unpaired) electrons. The number of imide groups is 1. The molecule has 1 aromatic heterocycles. The van der Waals surface area contributed by atoms with Crippen LogP contribution >= 0.6 is 11.3 Å². The molecule has 26 heavy (non-hydrogen) atoms. The van der Waals surface area contributed by atoms with Crippen molar-refractivity contribution in [3.05, 3.63) is 29.3 Å². The van der Waals surface area contributed by atoms with Crippen LogP contribution in [0.25, 0.3) is 10.2 Å². The number of carbonyl (C=O) groups is 3. The van der Waals surface area contributed by atoms with E-state index in [0.717, 1.165) is 40.8 Å². The Balaban J connectivity index is 1.42. The maximum Gasteiger partial charge on any atom is 0.329 e. The molecule has 2 fully saturated rings. The monoisotopic (exact) mass is 372 g/mol. The van der Waals surface area contributed by atoms with Crippen molar-refractivity contribution in [1.82, 2.24) is 9.88 Å². The van der Waals surface area contributed by atoms with Gasteiger partial charge in [-0.3, -0.25) is 14.5 Å². The van der Waals surface area contributed by atoms with E-state index in [1.165, 1.54) is 11.3 Å². The highest BCUT2D eigenvalue weighted by Crippen LogP contribution is 2.39. The zero-order valence-electron chi connectivity index (χ0n) is 14.5. The minimum absolute atomic E-state index is 0.0472. The van der Waals surface area contributed by atoms with Crippen LogP contribution in [-0.2, 0) is 25.7 Å². The minimum atomic E-state index is -0.894. The molecule has 4 rings (SSSR count). The van der Waals surface area contributed by atoms with Crippen LogP contribution in [-0.4, -0.2) is 33.7 Å². The molecule has 2 aromatic rings. The average Bonchev–Trinajstić information content (AvgIpc) is 3.18.